The van der Waals surface area contributed by atoms with Crippen LogP contribution >= 0.6 is 11.3 Å². The lowest BCUT2D eigenvalue weighted by atomic mass is 10.2. The van der Waals surface area contributed by atoms with E-state index in [1.54, 1.807) is 18.2 Å². The number of nitrogens with zero attached hydrogens (tertiary/aromatic N) is 3. The summed E-state index contributed by atoms with van der Waals surface area (Å²) in [5.41, 5.74) is 1.47. The molecule has 1 fully saturated rings. The third-order valence-electron chi connectivity index (χ3n) is 6.09. The van der Waals surface area contributed by atoms with Crippen LogP contribution in [0.2, 0.25) is 0 Å². The number of esters is 1. The SMILES string of the molecule is CCOCCn1c(=NC(=O)c2ccc(S(=O)(=O)N3CC(C)OC(C)C3)cc2)sc2cc(C(=O)OC)ccc21. The molecular weight excluding hydrogens is 530 g/mol. The van der Waals surface area contributed by atoms with Crippen LogP contribution in [0.15, 0.2) is 52.4 Å². The van der Waals surface area contributed by atoms with Crippen molar-refractivity contribution in [3.8, 4) is 0 Å². The fourth-order valence-electron chi connectivity index (χ4n) is 4.32. The van der Waals surface area contributed by atoms with E-state index < -0.39 is 21.9 Å². The van der Waals surface area contributed by atoms with Gasteiger partial charge in [0.2, 0.25) is 10.0 Å². The standard InChI is InChI=1S/C26H31N3O7S2/c1-5-35-13-12-29-22-11-8-20(25(31)34-4)14-23(22)37-26(29)27-24(30)19-6-9-21(10-7-19)38(32,33)28-15-17(2)36-18(3)16-28/h6-11,14,17-18H,5,12-13,15-16H2,1-4H3. The number of benzene rings is 2. The highest BCUT2D eigenvalue weighted by Gasteiger charge is 2.32. The van der Waals surface area contributed by atoms with E-state index in [1.165, 1.54) is 47.0 Å². The van der Waals surface area contributed by atoms with Crippen molar-refractivity contribution in [2.24, 2.45) is 4.99 Å². The van der Waals surface area contributed by atoms with Gasteiger partial charge in [-0.2, -0.15) is 9.30 Å². The number of sulfonamides is 1. The van der Waals surface area contributed by atoms with Gasteiger partial charge in [-0.05, 0) is 63.2 Å². The second kappa shape index (κ2) is 11.9. The van der Waals surface area contributed by atoms with Crippen molar-refractivity contribution in [1.29, 1.82) is 0 Å². The molecule has 4 rings (SSSR count). The number of methoxy groups -OCH3 is 1. The monoisotopic (exact) mass is 561 g/mol. The van der Waals surface area contributed by atoms with Crippen molar-refractivity contribution < 1.29 is 32.2 Å². The average Bonchev–Trinajstić information content (AvgIpc) is 3.23. The Morgan fingerprint density at radius 1 is 1.08 bits per heavy atom. The average molecular weight is 562 g/mol. The Kier molecular flexibility index (Phi) is 8.78. The van der Waals surface area contributed by atoms with E-state index >= 15 is 0 Å². The Hall–Kier alpha value is -2.90. The lowest BCUT2D eigenvalue weighted by Gasteiger charge is -2.34. The number of amides is 1. The molecule has 2 aromatic carbocycles. The molecule has 1 aromatic heterocycles. The van der Waals surface area contributed by atoms with Crippen LogP contribution in [0.25, 0.3) is 10.2 Å². The van der Waals surface area contributed by atoms with E-state index in [0.717, 1.165) is 10.2 Å². The van der Waals surface area contributed by atoms with E-state index in [1.807, 2.05) is 25.3 Å². The molecule has 38 heavy (non-hydrogen) atoms. The molecule has 3 aromatic rings. The number of aromatic nitrogens is 1. The van der Waals surface area contributed by atoms with E-state index in [9.17, 15) is 18.0 Å². The van der Waals surface area contributed by atoms with Crippen molar-refractivity contribution in [2.45, 2.75) is 44.4 Å². The normalized spacial score (nSPS) is 19.1. The highest BCUT2D eigenvalue weighted by molar-refractivity contribution is 7.89. The summed E-state index contributed by atoms with van der Waals surface area (Å²) in [5.74, 6) is -0.959. The quantitative estimate of drug-likeness (QED) is 0.307. The van der Waals surface area contributed by atoms with Gasteiger partial charge < -0.3 is 18.8 Å². The molecular formula is C26H31N3O7S2. The molecule has 0 radical (unpaired) electrons. The predicted octanol–water partition coefficient (Wildman–Crippen LogP) is 3.06. The summed E-state index contributed by atoms with van der Waals surface area (Å²) in [6, 6.07) is 11.0. The van der Waals surface area contributed by atoms with Gasteiger partial charge in [0.1, 0.15) is 0 Å². The third kappa shape index (κ3) is 6.05. The Morgan fingerprint density at radius 3 is 2.37 bits per heavy atom. The molecule has 2 heterocycles. The molecule has 0 N–H and O–H groups in total. The highest BCUT2D eigenvalue weighted by Crippen LogP contribution is 2.23. The fourth-order valence-corrected chi connectivity index (χ4v) is 7.00. The molecule has 2 atom stereocenters. The van der Waals surface area contributed by atoms with Crippen molar-refractivity contribution in [1.82, 2.24) is 8.87 Å². The van der Waals surface area contributed by atoms with Gasteiger partial charge in [0.15, 0.2) is 4.80 Å². The molecule has 1 amide bonds. The molecule has 1 saturated heterocycles. The van der Waals surface area contributed by atoms with Gasteiger partial charge in [-0.3, -0.25) is 4.79 Å². The summed E-state index contributed by atoms with van der Waals surface area (Å²) in [6.45, 7) is 7.57. The van der Waals surface area contributed by atoms with Crippen LogP contribution in [0, 0.1) is 0 Å². The van der Waals surface area contributed by atoms with Crippen LogP contribution < -0.4 is 4.80 Å². The van der Waals surface area contributed by atoms with E-state index in [0.29, 0.717) is 30.1 Å². The van der Waals surface area contributed by atoms with Gasteiger partial charge in [0.25, 0.3) is 5.91 Å². The van der Waals surface area contributed by atoms with E-state index in [4.69, 9.17) is 14.2 Å². The maximum atomic E-state index is 13.1. The minimum absolute atomic E-state index is 0.110. The van der Waals surface area contributed by atoms with Gasteiger partial charge in [0.05, 0.1) is 46.6 Å². The summed E-state index contributed by atoms with van der Waals surface area (Å²) < 4.78 is 46.3. The Balaban J connectivity index is 1.64. The van der Waals surface area contributed by atoms with Gasteiger partial charge in [-0.25, -0.2) is 13.2 Å². The maximum absolute atomic E-state index is 13.1. The number of thiazole rings is 1. The van der Waals surface area contributed by atoms with Gasteiger partial charge in [0, 0.05) is 31.8 Å². The fraction of sp³-hybridized carbons (Fsp3) is 0.423. The zero-order valence-corrected chi connectivity index (χ0v) is 23.4. The lowest BCUT2D eigenvalue weighted by Crippen LogP contribution is -2.48. The van der Waals surface area contributed by atoms with Gasteiger partial charge in [-0.15, -0.1) is 0 Å². The van der Waals surface area contributed by atoms with Crippen molar-refractivity contribution in [3.63, 3.8) is 0 Å². The molecule has 0 saturated carbocycles. The largest absolute Gasteiger partial charge is 0.465 e. The van der Waals surface area contributed by atoms with Crippen LogP contribution in [0.3, 0.4) is 0 Å². The van der Waals surface area contributed by atoms with Crippen LogP contribution in [0.5, 0.6) is 0 Å². The number of fused-ring (bicyclic) bond motifs is 1. The topological polar surface area (TPSA) is 117 Å². The number of ether oxygens (including phenoxy) is 3. The molecule has 0 spiro atoms. The highest BCUT2D eigenvalue weighted by atomic mass is 32.2. The van der Waals surface area contributed by atoms with Crippen LogP contribution in [0.4, 0.5) is 0 Å². The molecule has 12 heteroatoms. The van der Waals surface area contributed by atoms with E-state index in [2.05, 4.69) is 4.99 Å². The number of hydrogen-bond donors (Lipinski definition) is 0. The molecule has 0 bridgehead atoms. The predicted molar refractivity (Wildman–Crippen MR) is 143 cm³/mol. The number of morpholine rings is 1. The minimum Gasteiger partial charge on any atom is -0.465 e. The first-order chi connectivity index (χ1) is 18.1. The molecule has 0 aliphatic carbocycles. The summed E-state index contributed by atoms with van der Waals surface area (Å²) in [4.78, 5) is 30.0. The summed E-state index contributed by atoms with van der Waals surface area (Å²) >= 11 is 1.27. The summed E-state index contributed by atoms with van der Waals surface area (Å²) in [5, 5.41) is 0. The molecule has 204 valence electrons. The summed E-state index contributed by atoms with van der Waals surface area (Å²) in [6.07, 6.45) is -0.403. The van der Waals surface area contributed by atoms with Gasteiger partial charge in [-0.1, -0.05) is 11.3 Å². The second-order valence-corrected chi connectivity index (χ2v) is 11.9. The maximum Gasteiger partial charge on any atom is 0.337 e. The first-order valence-corrected chi connectivity index (χ1v) is 14.5. The third-order valence-corrected chi connectivity index (χ3v) is 8.98. The second-order valence-electron chi connectivity index (χ2n) is 8.93. The van der Waals surface area contributed by atoms with Crippen LogP contribution in [-0.4, -0.2) is 74.8 Å². The molecule has 10 nitrogen and oxygen atoms in total. The Labute approximate surface area is 225 Å². The lowest BCUT2D eigenvalue weighted by molar-refractivity contribution is -0.0440. The minimum atomic E-state index is -3.72. The molecule has 1 aliphatic heterocycles. The smallest absolute Gasteiger partial charge is 0.337 e. The van der Waals surface area contributed by atoms with Crippen molar-refractivity contribution in [3.05, 3.63) is 58.4 Å². The molecule has 2 unspecified atom stereocenters. The zero-order valence-electron chi connectivity index (χ0n) is 21.7. The van der Waals surface area contributed by atoms with Crippen molar-refractivity contribution in [2.75, 3.05) is 33.4 Å². The molecule has 1 aliphatic rings. The number of rotatable bonds is 8. The van der Waals surface area contributed by atoms with Crippen LogP contribution in [0.1, 0.15) is 41.5 Å². The van der Waals surface area contributed by atoms with Crippen molar-refractivity contribution >= 4 is 43.5 Å². The number of carbonyl (C=O) groups is 2. The zero-order chi connectivity index (χ0) is 27.4. The van der Waals surface area contributed by atoms with Crippen LogP contribution in [-0.2, 0) is 30.8 Å². The number of hydrogen-bond acceptors (Lipinski definition) is 8. The van der Waals surface area contributed by atoms with E-state index in [-0.39, 0.29) is 35.8 Å². The first-order valence-electron chi connectivity index (χ1n) is 12.3. The number of carbonyl (C=O) groups excluding carboxylic acids is 2. The Bertz CT molecular complexity index is 1480. The Morgan fingerprint density at radius 2 is 1.74 bits per heavy atom. The van der Waals surface area contributed by atoms with Gasteiger partial charge >= 0.3 is 5.97 Å². The first kappa shape index (κ1) is 28.1. The summed E-state index contributed by atoms with van der Waals surface area (Å²) in [7, 11) is -2.40.